The Bertz CT molecular complexity index is 1390. The van der Waals surface area contributed by atoms with Crippen molar-refractivity contribution >= 4 is 39.3 Å². The van der Waals surface area contributed by atoms with Gasteiger partial charge in [0.2, 0.25) is 0 Å². The zero-order valence-corrected chi connectivity index (χ0v) is 18.7. The van der Waals surface area contributed by atoms with E-state index in [0.717, 1.165) is 46.1 Å². The Hall–Kier alpha value is -3.46. The van der Waals surface area contributed by atoms with Gasteiger partial charge in [-0.3, -0.25) is 0 Å². The molecule has 0 fully saturated rings. The van der Waals surface area contributed by atoms with Crippen molar-refractivity contribution in [3.63, 3.8) is 0 Å². The minimum atomic E-state index is -0.876. The van der Waals surface area contributed by atoms with Gasteiger partial charge < -0.3 is 5.11 Å². The number of pyridine rings is 1. The van der Waals surface area contributed by atoms with Crippen molar-refractivity contribution in [2.45, 2.75) is 33.6 Å². The van der Waals surface area contributed by atoms with Crippen LogP contribution in [-0.2, 0) is 6.42 Å². The van der Waals surface area contributed by atoms with Gasteiger partial charge in [0.1, 0.15) is 0 Å². The highest BCUT2D eigenvalue weighted by Crippen LogP contribution is 2.45. The largest absolute Gasteiger partial charge is 0.478 e. The van der Waals surface area contributed by atoms with E-state index in [1.165, 1.54) is 10.8 Å². The van der Waals surface area contributed by atoms with Crippen molar-refractivity contribution in [1.82, 2.24) is 4.98 Å². The molecule has 3 nitrogen and oxygen atoms in total. The molecule has 1 aromatic heterocycles. The van der Waals surface area contributed by atoms with Gasteiger partial charge in [0.05, 0.1) is 16.8 Å². The molecule has 0 spiro atoms. The highest BCUT2D eigenvalue weighted by Gasteiger charge is 2.35. The fraction of sp³-hybridized carbons (Fsp3) is 0.241. The smallest absolute Gasteiger partial charge is 0.336 e. The third kappa shape index (κ3) is 3.48. The van der Waals surface area contributed by atoms with Crippen molar-refractivity contribution in [1.29, 1.82) is 0 Å². The van der Waals surface area contributed by atoms with Crippen LogP contribution in [0.4, 0.5) is 0 Å². The first kappa shape index (κ1) is 20.4. The van der Waals surface area contributed by atoms with Crippen LogP contribution in [0.5, 0.6) is 0 Å². The van der Waals surface area contributed by atoms with E-state index in [2.05, 4.69) is 69.3 Å². The Labute approximate surface area is 188 Å². The van der Waals surface area contributed by atoms with Crippen LogP contribution in [0.3, 0.4) is 0 Å². The predicted octanol–water partition coefficient (Wildman–Crippen LogP) is 7.24. The summed E-state index contributed by atoms with van der Waals surface area (Å²) >= 11 is 0. The molecular weight excluding hydrogens is 394 g/mol. The second kappa shape index (κ2) is 7.59. The second-order valence-corrected chi connectivity index (χ2v) is 9.85. The van der Waals surface area contributed by atoms with Crippen LogP contribution >= 0.6 is 0 Å². The maximum atomic E-state index is 12.4. The topological polar surface area (TPSA) is 50.2 Å². The number of aromatic nitrogens is 1. The number of rotatable bonds is 2. The van der Waals surface area contributed by atoms with Crippen LogP contribution in [0.2, 0.25) is 0 Å². The van der Waals surface area contributed by atoms with Crippen LogP contribution in [-0.4, -0.2) is 16.1 Å². The van der Waals surface area contributed by atoms with E-state index in [1.807, 2.05) is 24.3 Å². The maximum Gasteiger partial charge on any atom is 0.336 e. The van der Waals surface area contributed by atoms with Gasteiger partial charge in [-0.05, 0) is 63.8 Å². The molecule has 0 saturated carbocycles. The van der Waals surface area contributed by atoms with Gasteiger partial charge in [0.25, 0.3) is 0 Å². The number of para-hydroxylation sites is 1. The van der Waals surface area contributed by atoms with E-state index in [-0.39, 0.29) is 5.41 Å². The van der Waals surface area contributed by atoms with E-state index in [4.69, 9.17) is 4.98 Å². The molecule has 1 aliphatic carbocycles. The summed E-state index contributed by atoms with van der Waals surface area (Å²) in [6.45, 7) is 6.73. The number of allylic oxidation sites excluding steroid dienone is 1. The average molecular weight is 422 g/mol. The Kier molecular flexibility index (Phi) is 4.85. The summed E-state index contributed by atoms with van der Waals surface area (Å²) in [4.78, 5) is 17.4. The van der Waals surface area contributed by atoms with E-state index in [0.29, 0.717) is 11.5 Å². The molecular formula is C29H27NO2. The third-order valence-corrected chi connectivity index (χ3v) is 6.81. The van der Waals surface area contributed by atoms with Crippen LogP contribution in [0.15, 0.2) is 66.7 Å². The Morgan fingerprint density at radius 3 is 2.38 bits per heavy atom. The molecule has 3 aromatic carbocycles. The van der Waals surface area contributed by atoms with Gasteiger partial charge in [-0.1, -0.05) is 81.4 Å². The minimum absolute atomic E-state index is 0.0525. The molecule has 0 saturated heterocycles. The third-order valence-electron chi connectivity index (χ3n) is 6.81. The lowest BCUT2D eigenvalue weighted by Crippen LogP contribution is -2.28. The van der Waals surface area contributed by atoms with E-state index >= 15 is 0 Å². The summed E-state index contributed by atoms with van der Waals surface area (Å²) in [5, 5.41) is 13.3. The van der Waals surface area contributed by atoms with Gasteiger partial charge in [-0.25, -0.2) is 9.78 Å². The normalized spacial score (nSPS) is 17.6. The van der Waals surface area contributed by atoms with E-state index in [1.54, 1.807) is 0 Å². The van der Waals surface area contributed by atoms with Crippen LogP contribution in [0, 0.1) is 11.3 Å². The summed E-state index contributed by atoms with van der Waals surface area (Å²) in [6, 6.07) is 22.3. The first-order valence-electron chi connectivity index (χ1n) is 11.2. The zero-order chi connectivity index (χ0) is 22.5. The molecule has 1 N–H and O–H groups in total. The molecule has 160 valence electrons. The van der Waals surface area contributed by atoms with Crippen LogP contribution in [0.25, 0.3) is 33.3 Å². The average Bonchev–Trinajstić information content (AvgIpc) is 2.77. The molecule has 0 bridgehead atoms. The molecule has 1 unspecified atom stereocenters. The molecule has 0 radical (unpaired) electrons. The summed E-state index contributed by atoms with van der Waals surface area (Å²) in [5.41, 5.74) is 5.17. The van der Waals surface area contributed by atoms with Gasteiger partial charge in [-0.15, -0.1) is 0 Å². The molecule has 1 atom stereocenters. The second-order valence-electron chi connectivity index (χ2n) is 9.85. The lowest BCUT2D eigenvalue weighted by molar-refractivity contribution is 0.0696. The number of nitrogens with zero attached hydrogens (tertiary/aromatic N) is 1. The van der Waals surface area contributed by atoms with Gasteiger partial charge in [0, 0.05) is 5.39 Å². The zero-order valence-electron chi connectivity index (χ0n) is 18.7. The Balaban J connectivity index is 1.81. The monoisotopic (exact) mass is 421 g/mol. The standard InChI is InChI=1S/C29H27NO2/c1-29(2,3)21-16-20(15-19-11-8-10-18-9-4-5-12-22(18)19)27-24(17-21)26(28(31)32)23-13-6-7-14-25(23)30-27/h4-15,21H,16-17H2,1-3H3,(H,31,32). The number of carbonyl (C=O) groups is 1. The number of hydrogen-bond donors (Lipinski definition) is 1. The predicted molar refractivity (Wildman–Crippen MR) is 132 cm³/mol. The number of carboxylic acids is 1. The Morgan fingerprint density at radius 2 is 1.62 bits per heavy atom. The van der Waals surface area contributed by atoms with E-state index < -0.39 is 5.97 Å². The molecule has 5 rings (SSSR count). The fourth-order valence-corrected chi connectivity index (χ4v) is 4.94. The molecule has 4 aromatic rings. The first-order valence-corrected chi connectivity index (χ1v) is 11.2. The number of fused-ring (bicyclic) bond motifs is 3. The highest BCUT2D eigenvalue weighted by atomic mass is 16.4. The van der Waals surface area contributed by atoms with Crippen molar-refractivity contribution in [3.8, 4) is 0 Å². The fourth-order valence-electron chi connectivity index (χ4n) is 4.94. The van der Waals surface area contributed by atoms with Crippen LogP contribution < -0.4 is 0 Å². The first-order chi connectivity index (χ1) is 15.3. The number of hydrogen-bond acceptors (Lipinski definition) is 2. The molecule has 0 amide bonds. The van der Waals surface area contributed by atoms with Crippen molar-refractivity contribution < 1.29 is 9.90 Å². The molecule has 1 aliphatic rings. The molecule has 3 heteroatoms. The van der Waals surface area contributed by atoms with Gasteiger partial charge in [-0.2, -0.15) is 0 Å². The lowest BCUT2D eigenvalue weighted by atomic mass is 9.69. The summed E-state index contributed by atoms with van der Waals surface area (Å²) in [7, 11) is 0. The van der Waals surface area contributed by atoms with Crippen molar-refractivity contribution in [2.24, 2.45) is 11.3 Å². The van der Waals surface area contributed by atoms with Crippen LogP contribution in [0.1, 0.15) is 54.4 Å². The number of carboxylic acid groups (broad SMARTS) is 1. The van der Waals surface area contributed by atoms with Gasteiger partial charge >= 0.3 is 5.97 Å². The summed E-state index contributed by atoms with van der Waals surface area (Å²) in [5.74, 6) is -0.545. The van der Waals surface area contributed by atoms with Crippen molar-refractivity contribution in [2.75, 3.05) is 0 Å². The number of aromatic carboxylic acids is 1. The molecule has 0 aliphatic heterocycles. The summed E-state index contributed by atoms with van der Waals surface area (Å²) < 4.78 is 0. The lowest BCUT2D eigenvalue weighted by Gasteiger charge is -2.36. The molecule has 32 heavy (non-hydrogen) atoms. The maximum absolute atomic E-state index is 12.4. The number of benzene rings is 3. The highest BCUT2D eigenvalue weighted by molar-refractivity contribution is 6.06. The van der Waals surface area contributed by atoms with Gasteiger partial charge in [0.15, 0.2) is 0 Å². The Morgan fingerprint density at radius 1 is 0.938 bits per heavy atom. The molecule has 1 heterocycles. The summed E-state index contributed by atoms with van der Waals surface area (Å²) in [6.07, 6.45) is 3.84. The minimum Gasteiger partial charge on any atom is -0.478 e. The SMILES string of the molecule is CC(C)(C)C1CC(=Cc2cccc3ccccc23)c2nc3ccccc3c(C(=O)O)c2C1. The van der Waals surface area contributed by atoms with Crippen molar-refractivity contribution in [3.05, 3.63) is 89.1 Å². The quantitative estimate of drug-likeness (QED) is 0.371. The van der Waals surface area contributed by atoms with E-state index in [9.17, 15) is 9.90 Å².